The summed E-state index contributed by atoms with van der Waals surface area (Å²) in [5, 5.41) is 3.46. The molecule has 1 aromatic heterocycles. The molecule has 1 atom stereocenters. The van der Waals surface area contributed by atoms with Crippen LogP contribution in [-0.4, -0.2) is 11.0 Å². The van der Waals surface area contributed by atoms with E-state index in [1.807, 2.05) is 13.8 Å². The number of oxazole rings is 1. The highest BCUT2D eigenvalue weighted by Crippen LogP contribution is 2.09. The van der Waals surface area contributed by atoms with Crippen LogP contribution in [0.3, 0.4) is 0 Å². The van der Waals surface area contributed by atoms with Crippen LogP contribution < -0.4 is 5.32 Å². The Morgan fingerprint density at radius 3 is 2.59 bits per heavy atom. The molecule has 1 unspecified atom stereocenters. The van der Waals surface area contributed by atoms with E-state index in [2.05, 4.69) is 24.1 Å². The van der Waals surface area contributed by atoms with Gasteiger partial charge in [0, 0.05) is 6.04 Å². The summed E-state index contributed by atoms with van der Waals surface area (Å²) in [6, 6.07) is 0.541. The van der Waals surface area contributed by atoms with Crippen LogP contribution in [0.15, 0.2) is 4.42 Å². The second-order valence-electron chi connectivity index (χ2n) is 4.88. The lowest BCUT2D eigenvalue weighted by atomic mass is 10.1. The molecule has 0 aliphatic rings. The van der Waals surface area contributed by atoms with E-state index < -0.39 is 0 Å². The second kappa shape index (κ2) is 7.49. The van der Waals surface area contributed by atoms with Gasteiger partial charge in [-0.1, -0.05) is 32.6 Å². The zero-order valence-electron chi connectivity index (χ0n) is 11.7. The maximum absolute atomic E-state index is 5.53. The molecule has 0 aliphatic carbocycles. The molecule has 3 nitrogen and oxygen atoms in total. The van der Waals surface area contributed by atoms with Crippen LogP contribution >= 0.6 is 0 Å². The highest BCUT2D eigenvalue weighted by atomic mass is 16.4. The molecule has 0 saturated carbocycles. The van der Waals surface area contributed by atoms with Gasteiger partial charge in [-0.3, -0.25) is 0 Å². The van der Waals surface area contributed by atoms with E-state index in [-0.39, 0.29) is 0 Å². The van der Waals surface area contributed by atoms with Gasteiger partial charge in [-0.25, -0.2) is 4.98 Å². The van der Waals surface area contributed by atoms with Gasteiger partial charge in [0.2, 0.25) is 5.89 Å². The van der Waals surface area contributed by atoms with Gasteiger partial charge in [-0.15, -0.1) is 0 Å². The molecule has 0 aromatic carbocycles. The van der Waals surface area contributed by atoms with E-state index in [9.17, 15) is 0 Å². The topological polar surface area (TPSA) is 38.1 Å². The van der Waals surface area contributed by atoms with E-state index in [4.69, 9.17) is 4.42 Å². The van der Waals surface area contributed by atoms with Crippen molar-refractivity contribution in [3.8, 4) is 0 Å². The van der Waals surface area contributed by atoms with Crippen molar-refractivity contribution in [2.75, 3.05) is 0 Å². The predicted octanol–water partition coefficient (Wildman–Crippen LogP) is 3.74. The van der Waals surface area contributed by atoms with Gasteiger partial charge in [-0.2, -0.15) is 0 Å². The van der Waals surface area contributed by atoms with Gasteiger partial charge in [0.1, 0.15) is 5.76 Å². The summed E-state index contributed by atoms with van der Waals surface area (Å²) in [6.45, 7) is 9.16. The molecule has 1 heterocycles. The normalized spacial score (nSPS) is 12.9. The maximum Gasteiger partial charge on any atom is 0.208 e. The number of nitrogens with zero attached hydrogens (tertiary/aromatic N) is 1. The van der Waals surface area contributed by atoms with Crippen molar-refractivity contribution in [1.29, 1.82) is 0 Å². The molecule has 3 heteroatoms. The average molecular weight is 238 g/mol. The van der Waals surface area contributed by atoms with Crippen molar-refractivity contribution in [2.45, 2.75) is 72.4 Å². The fourth-order valence-corrected chi connectivity index (χ4v) is 1.86. The molecule has 98 valence electrons. The van der Waals surface area contributed by atoms with Crippen LogP contribution in [0.25, 0.3) is 0 Å². The van der Waals surface area contributed by atoms with Gasteiger partial charge < -0.3 is 9.73 Å². The fraction of sp³-hybridized carbons (Fsp3) is 0.786. The number of unbranched alkanes of at least 4 members (excludes halogenated alkanes) is 3. The number of hydrogen-bond acceptors (Lipinski definition) is 3. The van der Waals surface area contributed by atoms with Gasteiger partial charge in [0.05, 0.1) is 12.2 Å². The Morgan fingerprint density at radius 1 is 1.24 bits per heavy atom. The minimum absolute atomic E-state index is 0.541. The molecule has 1 rings (SSSR count). The third kappa shape index (κ3) is 5.35. The van der Waals surface area contributed by atoms with Crippen molar-refractivity contribution < 1.29 is 4.42 Å². The first-order chi connectivity index (χ1) is 8.13. The highest BCUT2D eigenvalue weighted by Gasteiger charge is 2.07. The standard InChI is InChI=1S/C14H26N2O/c1-5-6-7-8-9-11(2)15-10-14-16-12(3)13(4)17-14/h11,15H,5-10H2,1-4H3. The Hall–Kier alpha value is -0.830. The van der Waals surface area contributed by atoms with Crippen LogP contribution in [-0.2, 0) is 6.54 Å². The Bertz CT molecular complexity index is 301. The summed E-state index contributed by atoms with van der Waals surface area (Å²) in [5.74, 6) is 1.73. The van der Waals surface area contributed by atoms with Crippen molar-refractivity contribution in [2.24, 2.45) is 0 Å². The largest absolute Gasteiger partial charge is 0.444 e. The molecule has 0 spiro atoms. The van der Waals surface area contributed by atoms with E-state index in [1.54, 1.807) is 0 Å². The lowest BCUT2D eigenvalue weighted by molar-refractivity contribution is 0.413. The molecular weight excluding hydrogens is 212 g/mol. The molecular formula is C14H26N2O. The first-order valence-corrected chi connectivity index (χ1v) is 6.79. The van der Waals surface area contributed by atoms with E-state index in [0.717, 1.165) is 23.9 Å². The second-order valence-corrected chi connectivity index (χ2v) is 4.88. The molecule has 0 fully saturated rings. The summed E-state index contributed by atoms with van der Waals surface area (Å²) in [5.41, 5.74) is 0.998. The number of aryl methyl sites for hydroxylation is 2. The first-order valence-electron chi connectivity index (χ1n) is 6.79. The summed E-state index contributed by atoms with van der Waals surface area (Å²) >= 11 is 0. The van der Waals surface area contributed by atoms with Gasteiger partial charge >= 0.3 is 0 Å². The summed E-state index contributed by atoms with van der Waals surface area (Å²) < 4.78 is 5.53. The molecule has 0 amide bonds. The Kier molecular flexibility index (Phi) is 6.27. The highest BCUT2D eigenvalue weighted by molar-refractivity contribution is 5.05. The van der Waals surface area contributed by atoms with Crippen LogP contribution in [0.5, 0.6) is 0 Å². The lowest BCUT2D eigenvalue weighted by Gasteiger charge is -2.11. The number of nitrogens with one attached hydrogen (secondary N) is 1. The molecule has 17 heavy (non-hydrogen) atoms. The van der Waals surface area contributed by atoms with Crippen LogP contribution in [0.2, 0.25) is 0 Å². The van der Waals surface area contributed by atoms with Gasteiger partial charge in [0.25, 0.3) is 0 Å². The van der Waals surface area contributed by atoms with Crippen molar-refractivity contribution in [3.63, 3.8) is 0 Å². The minimum atomic E-state index is 0.541. The van der Waals surface area contributed by atoms with E-state index in [1.165, 1.54) is 32.1 Å². The Balaban J connectivity index is 2.17. The Labute approximate surface area is 105 Å². The van der Waals surface area contributed by atoms with Gasteiger partial charge in [0.15, 0.2) is 0 Å². The predicted molar refractivity (Wildman–Crippen MR) is 71.0 cm³/mol. The van der Waals surface area contributed by atoms with Crippen LogP contribution in [0.4, 0.5) is 0 Å². The van der Waals surface area contributed by atoms with Crippen molar-refractivity contribution >= 4 is 0 Å². The zero-order chi connectivity index (χ0) is 12.7. The summed E-state index contributed by atoms with van der Waals surface area (Å²) in [4.78, 5) is 4.36. The van der Waals surface area contributed by atoms with Gasteiger partial charge in [-0.05, 0) is 27.2 Å². The molecule has 1 aromatic rings. The maximum atomic E-state index is 5.53. The molecule has 0 radical (unpaired) electrons. The summed E-state index contributed by atoms with van der Waals surface area (Å²) in [7, 11) is 0. The quantitative estimate of drug-likeness (QED) is 0.701. The molecule has 0 aliphatic heterocycles. The SMILES string of the molecule is CCCCCCC(C)NCc1nc(C)c(C)o1. The van der Waals surface area contributed by atoms with Crippen LogP contribution in [0.1, 0.15) is 63.3 Å². The average Bonchev–Trinajstić information content (AvgIpc) is 2.62. The number of rotatable bonds is 8. The smallest absolute Gasteiger partial charge is 0.208 e. The first kappa shape index (κ1) is 14.2. The molecule has 1 N–H and O–H groups in total. The van der Waals surface area contributed by atoms with E-state index in [0.29, 0.717) is 6.04 Å². The molecule has 0 bridgehead atoms. The van der Waals surface area contributed by atoms with E-state index >= 15 is 0 Å². The van der Waals surface area contributed by atoms with Crippen molar-refractivity contribution in [3.05, 3.63) is 17.3 Å². The van der Waals surface area contributed by atoms with Crippen molar-refractivity contribution in [1.82, 2.24) is 10.3 Å². The third-order valence-corrected chi connectivity index (χ3v) is 3.17. The fourth-order valence-electron chi connectivity index (χ4n) is 1.86. The minimum Gasteiger partial charge on any atom is -0.444 e. The monoisotopic (exact) mass is 238 g/mol. The van der Waals surface area contributed by atoms with Crippen LogP contribution in [0, 0.1) is 13.8 Å². The number of aromatic nitrogens is 1. The zero-order valence-corrected chi connectivity index (χ0v) is 11.7. The number of hydrogen-bond donors (Lipinski definition) is 1. The summed E-state index contributed by atoms with van der Waals surface area (Å²) in [6.07, 6.45) is 6.55. The lowest BCUT2D eigenvalue weighted by Crippen LogP contribution is -2.25. The third-order valence-electron chi connectivity index (χ3n) is 3.17. The molecule has 0 saturated heterocycles. The Morgan fingerprint density at radius 2 is 2.00 bits per heavy atom.